The van der Waals surface area contributed by atoms with Gasteiger partial charge in [0.15, 0.2) is 5.78 Å². The van der Waals surface area contributed by atoms with Crippen LogP contribution in [0.4, 0.5) is 4.39 Å². The predicted octanol–water partition coefficient (Wildman–Crippen LogP) is 3.79. The van der Waals surface area contributed by atoms with Crippen molar-refractivity contribution in [3.8, 4) is 11.8 Å². The summed E-state index contributed by atoms with van der Waals surface area (Å²) in [7, 11) is 0. The van der Waals surface area contributed by atoms with Crippen LogP contribution in [-0.2, 0) is 6.61 Å². The molecule has 0 bridgehead atoms. The average molecular weight is 283 g/mol. The lowest BCUT2D eigenvalue weighted by molar-refractivity contribution is 0.101. The Balaban J connectivity index is 2.21. The van der Waals surface area contributed by atoms with Crippen LogP contribution in [0.2, 0.25) is 0 Å². The zero-order chi connectivity index (χ0) is 15.4. The number of aryl methyl sites for hydroxylation is 1. The Bertz CT molecular complexity index is 732. The van der Waals surface area contributed by atoms with Crippen LogP contribution in [0, 0.1) is 24.1 Å². The summed E-state index contributed by atoms with van der Waals surface area (Å²) in [5, 5.41) is 8.80. The molecule has 0 saturated carbocycles. The van der Waals surface area contributed by atoms with Crippen molar-refractivity contribution >= 4 is 5.78 Å². The highest BCUT2D eigenvalue weighted by molar-refractivity contribution is 5.97. The van der Waals surface area contributed by atoms with Gasteiger partial charge in [0, 0.05) is 0 Å². The average Bonchev–Trinajstić information content (AvgIpc) is 2.47. The van der Waals surface area contributed by atoms with Gasteiger partial charge in [0.05, 0.1) is 11.1 Å². The lowest BCUT2D eigenvalue weighted by Crippen LogP contribution is -2.02. The summed E-state index contributed by atoms with van der Waals surface area (Å²) in [6.45, 7) is 3.54. The summed E-state index contributed by atoms with van der Waals surface area (Å²) in [5.41, 5.74) is 2.13. The second kappa shape index (κ2) is 6.19. The Morgan fingerprint density at radius 1 is 1.29 bits per heavy atom. The number of hydrogen-bond acceptors (Lipinski definition) is 3. The molecular weight excluding hydrogens is 269 g/mol. The quantitative estimate of drug-likeness (QED) is 0.802. The number of halogens is 1. The van der Waals surface area contributed by atoms with Gasteiger partial charge < -0.3 is 4.74 Å². The lowest BCUT2D eigenvalue weighted by atomic mass is 10.1. The molecule has 2 aromatic carbocycles. The van der Waals surface area contributed by atoms with E-state index in [1.165, 1.54) is 19.1 Å². The summed E-state index contributed by atoms with van der Waals surface area (Å²) in [4.78, 5) is 11.6. The summed E-state index contributed by atoms with van der Waals surface area (Å²) in [6.07, 6.45) is 0. The normalized spacial score (nSPS) is 10.0. The molecule has 0 N–H and O–H groups in total. The smallest absolute Gasteiger partial charge is 0.163 e. The topological polar surface area (TPSA) is 50.1 Å². The van der Waals surface area contributed by atoms with Gasteiger partial charge in [0.25, 0.3) is 0 Å². The van der Waals surface area contributed by atoms with E-state index in [4.69, 9.17) is 10.00 Å². The van der Waals surface area contributed by atoms with Crippen LogP contribution in [0.1, 0.15) is 34.0 Å². The van der Waals surface area contributed by atoms with Crippen molar-refractivity contribution in [3.05, 3.63) is 64.5 Å². The molecule has 0 heterocycles. The minimum absolute atomic E-state index is 0.0215. The Labute approximate surface area is 122 Å². The van der Waals surface area contributed by atoms with Crippen LogP contribution in [0.15, 0.2) is 36.4 Å². The standard InChI is InChI=1S/C17H14FNO2/c1-11-3-6-17(15(7-11)12(2)20)21-10-13-4-5-16(18)14(8-13)9-19/h3-8H,10H2,1-2H3. The number of nitrogens with zero attached hydrogens (tertiary/aromatic N) is 1. The van der Waals surface area contributed by atoms with E-state index in [0.29, 0.717) is 16.9 Å². The molecule has 0 fully saturated rings. The fraction of sp³-hybridized carbons (Fsp3) is 0.176. The van der Waals surface area contributed by atoms with Gasteiger partial charge in [0.1, 0.15) is 24.2 Å². The first kappa shape index (κ1) is 14.7. The van der Waals surface area contributed by atoms with Crippen LogP contribution in [0.3, 0.4) is 0 Å². The van der Waals surface area contributed by atoms with Crippen LogP contribution in [0.25, 0.3) is 0 Å². The highest BCUT2D eigenvalue weighted by atomic mass is 19.1. The molecule has 0 spiro atoms. The molecular formula is C17H14FNO2. The number of nitriles is 1. The van der Waals surface area contributed by atoms with Gasteiger partial charge in [-0.1, -0.05) is 17.7 Å². The third-order valence-electron chi connectivity index (χ3n) is 3.06. The molecule has 21 heavy (non-hydrogen) atoms. The van der Waals surface area contributed by atoms with Crippen molar-refractivity contribution in [1.29, 1.82) is 5.26 Å². The highest BCUT2D eigenvalue weighted by Crippen LogP contribution is 2.22. The molecule has 0 aromatic heterocycles. The molecule has 0 atom stereocenters. The number of ketones is 1. The second-order valence-electron chi connectivity index (χ2n) is 4.77. The first-order valence-corrected chi connectivity index (χ1v) is 6.44. The maximum absolute atomic E-state index is 13.2. The van der Waals surface area contributed by atoms with E-state index < -0.39 is 5.82 Å². The second-order valence-corrected chi connectivity index (χ2v) is 4.77. The Morgan fingerprint density at radius 3 is 2.71 bits per heavy atom. The minimum Gasteiger partial charge on any atom is -0.488 e. The molecule has 2 rings (SSSR count). The van der Waals surface area contributed by atoms with Crippen molar-refractivity contribution in [1.82, 2.24) is 0 Å². The van der Waals surface area contributed by atoms with Crippen LogP contribution < -0.4 is 4.74 Å². The van der Waals surface area contributed by atoms with Gasteiger partial charge in [-0.05, 0) is 43.7 Å². The van der Waals surface area contributed by atoms with E-state index in [2.05, 4.69) is 0 Å². The number of Topliss-reactive ketones (excluding diaryl/α,β-unsaturated/α-hetero) is 1. The maximum atomic E-state index is 13.2. The summed E-state index contributed by atoms with van der Waals surface area (Å²) in [6, 6.07) is 11.4. The Kier molecular flexibility index (Phi) is 4.34. The molecule has 0 radical (unpaired) electrons. The molecule has 0 aliphatic rings. The fourth-order valence-electron chi connectivity index (χ4n) is 1.95. The van der Waals surface area contributed by atoms with Gasteiger partial charge in [-0.3, -0.25) is 4.79 Å². The van der Waals surface area contributed by atoms with E-state index in [9.17, 15) is 9.18 Å². The molecule has 2 aromatic rings. The fourth-order valence-corrected chi connectivity index (χ4v) is 1.95. The molecule has 0 aliphatic heterocycles. The zero-order valence-corrected chi connectivity index (χ0v) is 11.8. The Morgan fingerprint density at radius 2 is 2.05 bits per heavy atom. The van der Waals surface area contributed by atoms with E-state index >= 15 is 0 Å². The van der Waals surface area contributed by atoms with Gasteiger partial charge in [-0.25, -0.2) is 4.39 Å². The van der Waals surface area contributed by atoms with Gasteiger partial charge in [0.2, 0.25) is 0 Å². The van der Waals surface area contributed by atoms with Gasteiger partial charge >= 0.3 is 0 Å². The van der Waals surface area contributed by atoms with Crippen molar-refractivity contribution in [2.24, 2.45) is 0 Å². The highest BCUT2D eigenvalue weighted by Gasteiger charge is 2.10. The number of benzene rings is 2. The number of carbonyl (C=O) groups excluding carboxylic acids is 1. The minimum atomic E-state index is -0.555. The lowest BCUT2D eigenvalue weighted by Gasteiger charge is -2.11. The van der Waals surface area contributed by atoms with E-state index in [0.717, 1.165) is 5.56 Å². The largest absolute Gasteiger partial charge is 0.488 e. The monoisotopic (exact) mass is 283 g/mol. The van der Waals surface area contributed by atoms with Crippen LogP contribution >= 0.6 is 0 Å². The SMILES string of the molecule is CC(=O)c1cc(C)ccc1OCc1ccc(F)c(C#N)c1. The van der Waals surface area contributed by atoms with Gasteiger partial charge in [-0.2, -0.15) is 5.26 Å². The van der Waals surface area contributed by atoms with Crippen molar-refractivity contribution in [2.75, 3.05) is 0 Å². The molecule has 106 valence electrons. The molecule has 4 heteroatoms. The van der Waals surface area contributed by atoms with E-state index in [1.54, 1.807) is 24.3 Å². The molecule has 0 amide bonds. The zero-order valence-electron chi connectivity index (χ0n) is 11.8. The van der Waals surface area contributed by atoms with Crippen molar-refractivity contribution in [2.45, 2.75) is 20.5 Å². The molecule has 0 saturated heterocycles. The molecule has 3 nitrogen and oxygen atoms in total. The number of rotatable bonds is 4. The number of carbonyl (C=O) groups is 1. The predicted molar refractivity (Wildman–Crippen MR) is 76.6 cm³/mol. The number of hydrogen-bond donors (Lipinski definition) is 0. The number of ether oxygens (including phenoxy) is 1. The Hall–Kier alpha value is -2.67. The maximum Gasteiger partial charge on any atom is 0.163 e. The third-order valence-corrected chi connectivity index (χ3v) is 3.06. The third kappa shape index (κ3) is 3.46. The first-order valence-electron chi connectivity index (χ1n) is 6.44. The first-order chi connectivity index (χ1) is 10.0. The summed E-state index contributed by atoms with van der Waals surface area (Å²) >= 11 is 0. The van der Waals surface area contributed by atoms with Crippen LogP contribution in [-0.4, -0.2) is 5.78 Å². The summed E-state index contributed by atoms with van der Waals surface area (Å²) in [5.74, 6) is -0.150. The van der Waals surface area contributed by atoms with Crippen LogP contribution in [0.5, 0.6) is 5.75 Å². The van der Waals surface area contributed by atoms with E-state index in [1.807, 2.05) is 13.0 Å². The molecule has 0 aliphatic carbocycles. The van der Waals surface area contributed by atoms with Gasteiger partial charge in [-0.15, -0.1) is 0 Å². The van der Waals surface area contributed by atoms with Crippen molar-refractivity contribution in [3.63, 3.8) is 0 Å². The van der Waals surface area contributed by atoms with Crippen molar-refractivity contribution < 1.29 is 13.9 Å². The molecule has 0 unspecified atom stereocenters. The van der Waals surface area contributed by atoms with E-state index in [-0.39, 0.29) is 18.0 Å². The summed E-state index contributed by atoms with van der Waals surface area (Å²) < 4.78 is 18.9.